The Hall–Kier alpha value is -3.36. The molecule has 1 aliphatic rings. The number of amides is 1. The van der Waals surface area contributed by atoms with Gasteiger partial charge in [-0.15, -0.1) is 0 Å². The lowest BCUT2D eigenvalue weighted by Gasteiger charge is -2.44. The van der Waals surface area contributed by atoms with Crippen molar-refractivity contribution in [3.8, 4) is 0 Å². The summed E-state index contributed by atoms with van der Waals surface area (Å²) in [6, 6.07) is 3.24. The minimum Gasteiger partial charge on any atom is -0.496 e. The molecule has 1 saturated carbocycles. The number of benzene rings is 1. The van der Waals surface area contributed by atoms with Crippen LogP contribution in [0.3, 0.4) is 0 Å². The third kappa shape index (κ3) is 5.49. The maximum absolute atomic E-state index is 13.6. The fourth-order valence-corrected chi connectivity index (χ4v) is 4.49. The van der Waals surface area contributed by atoms with Crippen molar-refractivity contribution >= 4 is 28.8 Å². The largest absolute Gasteiger partial charge is 0.496 e. The summed E-state index contributed by atoms with van der Waals surface area (Å²) in [5.41, 5.74) is 3.46. The topological polar surface area (TPSA) is 83.8 Å². The van der Waals surface area contributed by atoms with Crippen molar-refractivity contribution in [2.24, 2.45) is 0 Å². The number of fused-ring (bicyclic) bond motifs is 1. The normalized spacial score (nSPS) is 16.4. The first kappa shape index (κ1) is 26.2. The predicted octanol–water partition coefficient (Wildman–Crippen LogP) is 4.57. The molecule has 2 aromatic rings. The summed E-state index contributed by atoms with van der Waals surface area (Å²) in [5, 5.41) is 6.42. The molecule has 0 atom stereocenters. The third-order valence-corrected chi connectivity index (χ3v) is 6.44. The van der Waals surface area contributed by atoms with Crippen LogP contribution in [-0.2, 0) is 16.0 Å². The second-order valence-corrected chi connectivity index (χ2v) is 8.61. The lowest BCUT2D eigenvalue weighted by Crippen LogP contribution is -2.51. The van der Waals surface area contributed by atoms with Crippen LogP contribution in [0.4, 0.5) is 14.5 Å². The molecule has 1 aromatic carbocycles. The van der Waals surface area contributed by atoms with Crippen molar-refractivity contribution in [2.45, 2.75) is 52.0 Å². The minimum absolute atomic E-state index is 0.0436. The quantitative estimate of drug-likeness (QED) is 0.208. The Morgan fingerprint density at radius 2 is 2.06 bits per heavy atom. The summed E-state index contributed by atoms with van der Waals surface area (Å²) < 4.78 is 38.2. The zero-order valence-corrected chi connectivity index (χ0v) is 20.8. The number of hydrogen-bond donors (Lipinski definition) is 2. The molecule has 1 amide bonds. The zero-order valence-electron chi connectivity index (χ0n) is 20.8. The number of ether oxygens (including phenoxy) is 1. The average molecular weight is 490 g/mol. The molecule has 2 N–H and O–H groups in total. The molecule has 190 valence electrons. The van der Waals surface area contributed by atoms with Crippen molar-refractivity contribution < 1.29 is 27.5 Å². The molecular formula is C26H33F2N3O4. The molecule has 1 aliphatic carbocycles. The van der Waals surface area contributed by atoms with Crippen LogP contribution in [0.1, 0.15) is 49.5 Å². The summed E-state index contributed by atoms with van der Waals surface area (Å²) >= 11 is 0. The first-order valence-corrected chi connectivity index (χ1v) is 11.7. The fourth-order valence-electron chi connectivity index (χ4n) is 4.49. The molecule has 0 aliphatic heterocycles. The highest BCUT2D eigenvalue weighted by atomic mass is 19.3. The summed E-state index contributed by atoms with van der Waals surface area (Å²) in [7, 11) is 3.21. The van der Waals surface area contributed by atoms with Crippen LogP contribution < -0.4 is 15.5 Å². The predicted molar refractivity (Wildman–Crippen MR) is 132 cm³/mol. The summed E-state index contributed by atoms with van der Waals surface area (Å²) in [5.74, 6) is -2.70. The van der Waals surface area contributed by atoms with Gasteiger partial charge in [0, 0.05) is 61.9 Å². The number of hydrogen-bond acceptors (Lipinski definition) is 6. The number of aldehydes is 1. The van der Waals surface area contributed by atoms with E-state index in [0.717, 1.165) is 16.9 Å². The van der Waals surface area contributed by atoms with E-state index >= 15 is 0 Å². The number of furan rings is 1. The van der Waals surface area contributed by atoms with Crippen molar-refractivity contribution in [1.82, 2.24) is 10.6 Å². The van der Waals surface area contributed by atoms with E-state index in [2.05, 4.69) is 10.6 Å². The van der Waals surface area contributed by atoms with Gasteiger partial charge in [-0.2, -0.15) is 0 Å². The van der Waals surface area contributed by atoms with E-state index in [-0.39, 0.29) is 36.9 Å². The molecule has 1 aromatic heterocycles. The van der Waals surface area contributed by atoms with Crippen LogP contribution >= 0.6 is 0 Å². The van der Waals surface area contributed by atoms with E-state index in [1.807, 2.05) is 31.7 Å². The van der Waals surface area contributed by atoms with Gasteiger partial charge in [0.1, 0.15) is 11.3 Å². The maximum atomic E-state index is 13.6. The Kier molecular flexibility index (Phi) is 8.19. The number of carbonyl (C=O) groups is 2. The lowest BCUT2D eigenvalue weighted by atomic mass is 9.85. The van der Waals surface area contributed by atoms with E-state index in [9.17, 15) is 18.4 Å². The monoisotopic (exact) mass is 489 g/mol. The molecule has 7 nitrogen and oxygen atoms in total. The first-order chi connectivity index (χ1) is 16.7. The Bertz CT molecular complexity index is 1140. The van der Waals surface area contributed by atoms with E-state index < -0.39 is 5.92 Å². The standard InChI is InChI=1S/C26H33F2N3O4/c1-6-19-21(31(7-2)18-12-26(27,28)13-18)11-23-20(8-9-35-23)24(19)25(33)30-14-17(15-32)22(34-5)10-16(3)29-4/h8-11,15,18,29H,6-7,12-14H2,1-5H3,(H,30,33)/b16-10-,22-17+. The van der Waals surface area contributed by atoms with Gasteiger partial charge >= 0.3 is 0 Å². The number of nitrogens with one attached hydrogen (secondary N) is 2. The highest BCUT2D eigenvalue weighted by Gasteiger charge is 2.48. The molecular weight excluding hydrogens is 456 g/mol. The molecule has 0 spiro atoms. The van der Waals surface area contributed by atoms with Crippen molar-refractivity contribution in [3.63, 3.8) is 0 Å². The van der Waals surface area contributed by atoms with E-state index in [1.165, 1.54) is 13.4 Å². The van der Waals surface area contributed by atoms with Gasteiger partial charge < -0.3 is 24.7 Å². The Morgan fingerprint density at radius 3 is 2.60 bits per heavy atom. The molecule has 0 bridgehead atoms. The highest BCUT2D eigenvalue weighted by Crippen LogP contribution is 2.44. The number of nitrogens with zero attached hydrogens (tertiary/aromatic N) is 1. The van der Waals surface area contributed by atoms with Gasteiger partial charge in [0.2, 0.25) is 0 Å². The van der Waals surface area contributed by atoms with Gasteiger partial charge in [0.05, 0.1) is 24.5 Å². The second-order valence-electron chi connectivity index (χ2n) is 8.61. The highest BCUT2D eigenvalue weighted by molar-refractivity contribution is 6.09. The van der Waals surface area contributed by atoms with Gasteiger partial charge in [0.15, 0.2) is 6.29 Å². The first-order valence-electron chi connectivity index (χ1n) is 11.7. The van der Waals surface area contributed by atoms with Crippen LogP contribution in [0.2, 0.25) is 0 Å². The van der Waals surface area contributed by atoms with Crippen molar-refractivity contribution in [3.05, 3.63) is 52.6 Å². The molecule has 35 heavy (non-hydrogen) atoms. The summed E-state index contributed by atoms with van der Waals surface area (Å²) in [6.07, 6.45) is 3.92. The van der Waals surface area contributed by atoms with E-state index in [0.29, 0.717) is 41.5 Å². The number of halogens is 2. The number of methoxy groups -OCH3 is 1. The zero-order chi connectivity index (χ0) is 25.8. The van der Waals surface area contributed by atoms with Gasteiger partial charge in [-0.05, 0) is 38.0 Å². The number of rotatable bonds is 11. The third-order valence-electron chi connectivity index (χ3n) is 6.44. The number of anilines is 1. The fraction of sp³-hybridized carbons (Fsp3) is 0.462. The Balaban J connectivity index is 1.99. The molecule has 0 saturated heterocycles. The summed E-state index contributed by atoms with van der Waals surface area (Å²) in [4.78, 5) is 27.1. The molecule has 0 radical (unpaired) electrons. The minimum atomic E-state index is -2.66. The van der Waals surface area contributed by atoms with Crippen LogP contribution in [0.5, 0.6) is 0 Å². The van der Waals surface area contributed by atoms with E-state index in [4.69, 9.17) is 9.15 Å². The molecule has 1 fully saturated rings. The number of carbonyl (C=O) groups excluding carboxylic acids is 2. The van der Waals surface area contributed by atoms with Crippen molar-refractivity contribution in [2.75, 3.05) is 32.1 Å². The SMILES string of the molecule is CCc1c(N(CC)C2CC(F)(F)C2)cc2occc2c1C(=O)NC/C(C=O)=C(/C=C(/C)NC)OC. The average Bonchev–Trinajstić information content (AvgIpc) is 3.29. The second kappa shape index (κ2) is 10.9. The van der Waals surface area contributed by atoms with Crippen molar-refractivity contribution in [1.29, 1.82) is 0 Å². The van der Waals surface area contributed by atoms with Gasteiger partial charge in [-0.1, -0.05) is 6.92 Å². The van der Waals surface area contributed by atoms with Crippen LogP contribution in [0, 0.1) is 0 Å². The summed E-state index contributed by atoms with van der Waals surface area (Å²) in [6.45, 7) is 6.14. The van der Waals surface area contributed by atoms with Gasteiger partial charge in [-0.3, -0.25) is 9.59 Å². The Morgan fingerprint density at radius 1 is 1.34 bits per heavy atom. The number of allylic oxidation sites excluding steroid dienone is 2. The molecule has 9 heteroatoms. The Labute approximate surface area is 204 Å². The molecule has 1 heterocycles. The lowest BCUT2D eigenvalue weighted by molar-refractivity contribution is -0.105. The number of alkyl halides is 2. The van der Waals surface area contributed by atoms with Gasteiger partial charge in [-0.25, -0.2) is 8.78 Å². The van der Waals surface area contributed by atoms with Gasteiger partial charge in [0.25, 0.3) is 11.8 Å². The molecule has 0 unspecified atom stereocenters. The van der Waals surface area contributed by atoms with Crippen LogP contribution in [0.25, 0.3) is 11.0 Å². The van der Waals surface area contributed by atoms with Crippen LogP contribution in [0.15, 0.2) is 45.9 Å². The molecule has 3 rings (SSSR count). The van der Waals surface area contributed by atoms with Crippen LogP contribution in [-0.4, -0.2) is 51.4 Å². The smallest absolute Gasteiger partial charge is 0.252 e. The maximum Gasteiger partial charge on any atom is 0.252 e. The van der Waals surface area contributed by atoms with E-state index in [1.54, 1.807) is 19.2 Å².